The van der Waals surface area contributed by atoms with E-state index in [2.05, 4.69) is 10.3 Å². The average Bonchev–Trinajstić information content (AvgIpc) is 2.58. The molecule has 0 atom stereocenters. The van der Waals surface area contributed by atoms with Gasteiger partial charge in [-0.1, -0.05) is 18.5 Å². The standard InChI is InChI=1S/C20H23ClN2O3/c1-4-20(2,3)23-19(26)17-10-13(7-8-22-17)9-16(24)12-14-11-15(21)5-6-18(14)25/h5-8,10-11,25H,4,9,12H2,1-3H3,(H,23,26). The van der Waals surface area contributed by atoms with Gasteiger partial charge in [-0.25, -0.2) is 0 Å². The third-order valence-electron chi connectivity index (χ3n) is 4.22. The highest BCUT2D eigenvalue weighted by atomic mass is 35.5. The zero-order valence-corrected chi connectivity index (χ0v) is 15.9. The molecule has 0 spiro atoms. The summed E-state index contributed by atoms with van der Waals surface area (Å²) >= 11 is 5.91. The van der Waals surface area contributed by atoms with Gasteiger partial charge in [0, 0.05) is 35.2 Å². The van der Waals surface area contributed by atoms with Crippen LogP contribution in [-0.2, 0) is 17.6 Å². The first-order valence-electron chi connectivity index (χ1n) is 8.46. The minimum absolute atomic E-state index is 0.0411. The van der Waals surface area contributed by atoms with Gasteiger partial charge in [0.05, 0.1) is 0 Å². The summed E-state index contributed by atoms with van der Waals surface area (Å²) in [5.74, 6) is -0.313. The van der Waals surface area contributed by atoms with E-state index >= 15 is 0 Å². The summed E-state index contributed by atoms with van der Waals surface area (Å²) in [6, 6.07) is 7.94. The number of phenols is 1. The lowest BCUT2D eigenvalue weighted by Gasteiger charge is -2.24. The number of aromatic hydroxyl groups is 1. The fourth-order valence-electron chi connectivity index (χ4n) is 2.37. The van der Waals surface area contributed by atoms with Gasteiger partial charge in [0.15, 0.2) is 0 Å². The van der Waals surface area contributed by atoms with E-state index in [0.717, 1.165) is 6.42 Å². The van der Waals surface area contributed by atoms with Crippen LogP contribution >= 0.6 is 11.6 Å². The Morgan fingerprint density at radius 1 is 1.19 bits per heavy atom. The molecule has 0 aliphatic carbocycles. The summed E-state index contributed by atoms with van der Waals surface area (Å²) in [5.41, 5.74) is 1.14. The summed E-state index contributed by atoms with van der Waals surface area (Å²) in [4.78, 5) is 28.7. The maximum absolute atomic E-state index is 12.3. The molecule has 1 amide bonds. The molecular formula is C20H23ClN2O3. The first-order valence-corrected chi connectivity index (χ1v) is 8.84. The number of aromatic nitrogens is 1. The van der Waals surface area contributed by atoms with Gasteiger partial charge in [-0.15, -0.1) is 0 Å². The first kappa shape index (κ1) is 19.9. The molecule has 0 fully saturated rings. The van der Waals surface area contributed by atoms with Gasteiger partial charge < -0.3 is 10.4 Å². The predicted molar refractivity (Wildman–Crippen MR) is 102 cm³/mol. The molecule has 1 aromatic heterocycles. The van der Waals surface area contributed by atoms with Crippen LogP contribution in [0.5, 0.6) is 5.75 Å². The van der Waals surface area contributed by atoms with Crippen molar-refractivity contribution in [3.8, 4) is 5.75 Å². The van der Waals surface area contributed by atoms with Crippen LogP contribution in [0.1, 0.15) is 48.8 Å². The van der Waals surface area contributed by atoms with E-state index in [9.17, 15) is 14.7 Å². The number of rotatable bonds is 7. The van der Waals surface area contributed by atoms with Crippen molar-refractivity contribution in [3.05, 3.63) is 58.4 Å². The van der Waals surface area contributed by atoms with E-state index in [1.54, 1.807) is 24.3 Å². The van der Waals surface area contributed by atoms with Crippen LogP contribution < -0.4 is 5.32 Å². The number of pyridine rings is 1. The molecule has 0 bridgehead atoms. The number of carbonyl (C=O) groups is 2. The van der Waals surface area contributed by atoms with Crippen molar-refractivity contribution in [2.45, 2.75) is 45.6 Å². The Balaban J connectivity index is 2.07. The number of ketones is 1. The van der Waals surface area contributed by atoms with Crippen LogP contribution in [0, 0.1) is 0 Å². The molecule has 0 saturated heterocycles. The Morgan fingerprint density at radius 2 is 1.92 bits per heavy atom. The Morgan fingerprint density at radius 3 is 2.62 bits per heavy atom. The molecule has 0 radical (unpaired) electrons. The summed E-state index contributed by atoms with van der Waals surface area (Å²) in [7, 11) is 0. The van der Waals surface area contributed by atoms with Gasteiger partial charge in [0.2, 0.25) is 0 Å². The number of amides is 1. The van der Waals surface area contributed by atoms with Crippen molar-refractivity contribution < 1.29 is 14.7 Å². The number of halogens is 1. The van der Waals surface area contributed by atoms with Gasteiger partial charge in [-0.2, -0.15) is 0 Å². The number of hydrogen-bond donors (Lipinski definition) is 2. The van der Waals surface area contributed by atoms with Crippen LogP contribution in [0.3, 0.4) is 0 Å². The van der Waals surface area contributed by atoms with Crippen molar-refractivity contribution >= 4 is 23.3 Å². The minimum atomic E-state index is -0.325. The second-order valence-electron chi connectivity index (χ2n) is 6.91. The molecule has 2 N–H and O–H groups in total. The van der Waals surface area contributed by atoms with Crippen LogP contribution in [0.15, 0.2) is 36.5 Å². The molecule has 138 valence electrons. The third-order valence-corrected chi connectivity index (χ3v) is 4.46. The fourth-order valence-corrected chi connectivity index (χ4v) is 2.56. The summed E-state index contributed by atoms with van der Waals surface area (Å²) in [6.45, 7) is 5.87. The van der Waals surface area contributed by atoms with Gasteiger partial charge in [0.25, 0.3) is 5.91 Å². The molecule has 26 heavy (non-hydrogen) atoms. The average molecular weight is 375 g/mol. The lowest BCUT2D eigenvalue weighted by atomic mass is 10.0. The normalized spacial score (nSPS) is 11.2. The zero-order chi connectivity index (χ0) is 19.3. The largest absolute Gasteiger partial charge is 0.508 e. The van der Waals surface area contributed by atoms with E-state index in [4.69, 9.17) is 11.6 Å². The Labute approximate surface area is 158 Å². The molecule has 0 saturated carbocycles. The number of nitrogens with one attached hydrogen (secondary N) is 1. The van der Waals surface area contributed by atoms with Crippen LogP contribution in [0.25, 0.3) is 0 Å². The van der Waals surface area contributed by atoms with Gasteiger partial charge >= 0.3 is 0 Å². The number of Topliss-reactive ketones (excluding diaryl/α,β-unsaturated/α-hetero) is 1. The SMILES string of the molecule is CCC(C)(C)NC(=O)c1cc(CC(=O)Cc2cc(Cl)ccc2O)ccn1. The quantitative estimate of drug-likeness (QED) is 0.774. The Kier molecular flexibility index (Phi) is 6.37. The molecule has 0 unspecified atom stereocenters. The third kappa shape index (κ3) is 5.56. The second-order valence-corrected chi connectivity index (χ2v) is 7.34. The van der Waals surface area contributed by atoms with Crippen molar-refractivity contribution in [2.24, 2.45) is 0 Å². The predicted octanol–water partition coefficient (Wildman–Crippen LogP) is 3.71. The molecule has 6 heteroatoms. The molecule has 0 aliphatic heterocycles. The summed E-state index contributed by atoms with van der Waals surface area (Å²) in [5, 5.41) is 13.2. The van der Waals surface area contributed by atoms with Crippen LogP contribution in [-0.4, -0.2) is 27.3 Å². The Bertz CT molecular complexity index is 818. The topological polar surface area (TPSA) is 79.3 Å². The smallest absolute Gasteiger partial charge is 0.270 e. The maximum atomic E-state index is 12.3. The van der Waals surface area contributed by atoms with Gasteiger partial charge in [-0.05, 0) is 56.2 Å². The zero-order valence-electron chi connectivity index (χ0n) is 15.2. The van der Waals surface area contributed by atoms with Crippen molar-refractivity contribution in [1.29, 1.82) is 0 Å². The lowest BCUT2D eigenvalue weighted by molar-refractivity contribution is -0.117. The Hall–Kier alpha value is -2.40. The number of benzene rings is 1. The van der Waals surface area contributed by atoms with Crippen molar-refractivity contribution in [3.63, 3.8) is 0 Å². The first-order chi connectivity index (χ1) is 12.2. The maximum Gasteiger partial charge on any atom is 0.270 e. The van der Waals surface area contributed by atoms with E-state index in [-0.39, 0.29) is 41.5 Å². The molecule has 0 aliphatic rings. The van der Waals surface area contributed by atoms with Crippen LogP contribution in [0.4, 0.5) is 0 Å². The lowest BCUT2D eigenvalue weighted by Crippen LogP contribution is -2.43. The van der Waals surface area contributed by atoms with Crippen LogP contribution in [0.2, 0.25) is 5.02 Å². The highest BCUT2D eigenvalue weighted by molar-refractivity contribution is 6.30. The number of carbonyl (C=O) groups excluding carboxylic acids is 2. The van der Waals surface area contributed by atoms with Gasteiger partial charge in [0.1, 0.15) is 17.2 Å². The molecule has 5 nitrogen and oxygen atoms in total. The highest BCUT2D eigenvalue weighted by Gasteiger charge is 2.20. The molecule has 1 aromatic carbocycles. The molecular weight excluding hydrogens is 352 g/mol. The summed E-state index contributed by atoms with van der Waals surface area (Å²) < 4.78 is 0. The fraction of sp³-hybridized carbons (Fsp3) is 0.350. The number of hydrogen-bond acceptors (Lipinski definition) is 4. The summed E-state index contributed by atoms with van der Waals surface area (Å²) in [6.07, 6.45) is 2.53. The number of phenolic OH excluding ortho intramolecular Hbond substituents is 1. The van der Waals surface area contributed by atoms with E-state index in [1.807, 2.05) is 20.8 Å². The monoisotopic (exact) mass is 374 g/mol. The molecule has 2 aromatic rings. The van der Waals surface area contributed by atoms with Crippen molar-refractivity contribution in [1.82, 2.24) is 10.3 Å². The highest BCUT2D eigenvalue weighted by Crippen LogP contribution is 2.22. The molecule has 2 rings (SSSR count). The minimum Gasteiger partial charge on any atom is -0.508 e. The van der Waals surface area contributed by atoms with Gasteiger partial charge in [-0.3, -0.25) is 14.6 Å². The van der Waals surface area contributed by atoms with Crippen molar-refractivity contribution in [2.75, 3.05) is 0 Å². The number of nitrogens with zero attached hydrogens (tertiary/aromatic N) is 1. The second kappa shape index (κ2) is 8.32. The molecule has 1 heterocycles. The van der Waals surface area contributed by atoms with E-state index < -0.39 is 0 Å². The van der Waals surface area contributed by atoms with E-state index in [1.165, 1.54) is 12.3 Å². The van der Waals surface area contributed by atoms with E-state index in [0.29, 0.717) is 16.1 Å².